The lowest BCUT2D eigenvalue weighted by atomic mass is 10.1. The first-order valence-corrected chi connectivity index (χ1v) is 9.22. The number of nitrogens with one attached hydrogen (secondary N) is 1. The molecule has 1 fully saturated rings. The van der Waals surface area contributed by atoms with Crippen LogP contribution in [0.15, 0.2) is 30.3 Å². The predicted octanol–water partition coefficient (Wildman–Crippen LogP) is 3.74. The van der Waals surface area contributed by atoms with E-state index in [0.717, 1.165) is 38.0 Å². The molecule has 0 radical (unpaired) electrons. The van der Waals surface area contributed by atoms with Crippen molar-refractivity contribution in [1.29, 1.82) is 0 Å². The molecule has 1 aliphatic rings. The smallest absolute Gasteiger partial charge is 0.317 e. The summed E-state index contributed by atoms with van der Waals surface area (Å²) in [5.74, 6) is -0.202. The first-order chi connectivity index (χ1) is 12.0. The molecule has 25 heavy (non-hydrogen) atoms. The van der Waals surface area contributed by atoms with Crippen LogP contribution >= 0.6 is 0 Å². The number of nitrogens with zero attached hydrogens (tertiary/aromatic N) is 2. The van der Waals surface area contributed by atoms with Crippen LogP contribution in [-0.4, -0.2) is 54.1 Å². The van der Waals surface area contributed by atoms with E-state index in [-0.39, 0.29) is 17.9 Å². The van der Waals surface area contributed by atoms with Gasteiger partial charge in [-0.25, -0.2) is 9.18 Å². The molecule has 0 bridgehead atoms. The summed E-state index contributed by atoms with van der Waals surface area (Å²) in [6.45, 7) is 9.64. The van der Waals surface area contributed by atoms with Crippen LogP contribution < -0.4 is 5.32 Å². The van der Waals surface area contributed by atoms with Gasteiger partial charge in [-0.1, -0.05) is 24.3 Å². The van der Waals surface area contributed by atoms with E-state index < -0.39 is 0 Å². The highest BCUT2D eigenvalue weighted by Crippen LogP contribution is 2.16. The van der Waals surface area contributed by atoms with Crippen LogP contribution in [0.2, 0.25) is 0 Å². The van der Waals surface area contributed by atoms with Crippen molar-refractivity contribution < 1.29 is 9.18 Å². The lowest BCUT2D eigenvalue weighted by molar-refractivity contribution is 0.0629. The normalized spacial score (nSPS) is 21.7. The maximum atomic E-state index is 12.9. The molecule has 0 aliphatic carbocycles. The molecule has 1 saturated heterocycles. The number of unbranched alkanes of at least 4 members (excludes halogenated alkanes) is 1. The van der Waals surface area contributed by atoms with Gasteiger partial charge < -0.3 is 10.2 Å². The maximum absolute atomic E-state index is 12.9. The molecule has 2 unspecified atom stereocenters. The quantitative estimate of drug-likeness (QED) is 0.796. The molecule has 1 aliphatic heterocycles. The SMILES string of the molecule is CCNC(=O)N1CC(C)N(CCC/C=C/c2ccc(F)cc2)CC1C. The van der Waals surface area contributed by atoms with E-state index >= 15 is 0 Å². The van der Waals surface area contributed by atoms with E-state index in [2.05, 4.69) is 30.1 Å². The van der Waals surface area contributed by atoms with Crippen molar-refractivity contribution in [2.24, 2.45) is 0 Å². The number of carbonyl (C=O) groups is 1. The number of allylic oxidation sites excluding steroid dienone is 1. The van der Waals surface area contributed by atoms with E-state index in [0.29, 0.717) is 12.6 Å². The summed E-state index contributed by atoms with van der Waals surface area (Å²) >= 11 is 0. The van der Waals surface area contributed by atoms with Gasteiger partial charge in [-0.05, 0) is 57.9 Å². The van der Waals surface area contributed by atoms with Gasteiger partial charge in [0.25, 0.3) is 0 Å². The number of halogens is 1. The molecule has 0 aromatic heterocycles. The van der Waals surface area contributed by atoms with E-state index in [9.17, 15) is 9.18 Å². The zero-order valence-electron chi connectivity index (χ0n) is 15.5. The highest BCUT2D eigenvalue weighted by molar-refractivity contribution is 5.74. The highest BCUT2D eigenvalue weighted by atomic mass is 19.1. The third kappa shape index (κ3) is 5.85. The van der Waals surface area contributed by atoms with Crippen LogP contribution in [-0.2, 0) is 0 Å². The fraction of sp³-hybridized carbons (Fsp3) is 0.550. The molecule has 2 atom stereocenters. The van der Waals surface area contributed by atoms with Gasteiger partial charge in [0.05, 0.1) is 0 Å². The van der Waals surface area contributed by atoms with Crippen LogP contribution in [0.25, 0.3) is 6.08 Å². The minimum absolute atomic E-state index is 0.0451. The Hall–Kier alpha value is -1.88. The minimum atomic E-state index is -0.202. The van der Waals surface area contributed by atoms with Crippen LogP contribution in [0.1, 0.15) is 39.2 Å². The zero-order valence-corrected chi connectivity index (χ0v) is 15.5. The van der Waals surface area contributed by atoms with Crippen molar-refractivity contribution in [3.63, 3.8) is 0 Å². The minimum Gasteiger partial charge on any atom is -0.338 e. The van der Waals surface area contributed by atoms with Gasteiger partial charge in [0.2, 0.25) is 0 Å². The second-order valence-electron chi connectivity index (χ2n) is 6.78. The predicted molar refractivity (Wildman–Crippen MR) is 101 cm³/mol. The Kier molecular flexibility index (Phi) is 7.44. The number of hydrogen-bond acceptors (Lipinski definition) is 2. The van der Waals surface area contributed by atoms with E-state index in [1.54, 1.807) is 12.1 Å². The van der Waals surface area contributed by atoms with Crippen molar-refractivity contribution in [3.8, 4) is 0 Å². The number of rotatable bonds is 6. The van der Waals surface area contributed by atoms with Crippen molar-refractivity contribution in [2.45, 2.75) is 45.7 Å². The summed E-state index contributed by atoms with van der Waals surface area (Å²) in [7, 11) is 0. The van der Waals surface area contributed by atoms with Gasteiger partial charge in [-0.15, -0.1) is 0 Å². The summed E-state index contributed by atoms with van der Waals surface area (Å²) in [6.07, 6.45) is 6.26. The lowest BCUT2D eigenvalue weighted by Gasteiger charge is -2.44. The molecule has 2 rings (SSSR count). The Bertz CT molecular complexity index is 573. The van der Waals surface area contributed by atoms with Gasteiger partial charge in [0, 0.05) is 31.7 Å². The fourth-order valence-corrected chi connectivity index (χ4v) is 3.25. The molecule has 0 saturated carbocycles. The fourth-order valence-electron chi connectivity index (χ4n) is 3.25. The second kappa shape index (κ2) is 9.56. The summed E-state index contributed by atoms with van der Waals surface area (Å²) in [5.41, 5.74) is 1.03. The van der Waals surface area contributed by atoms with Gasteiger partial charge >= 0.3 is 6.03 Å². The molecule has 138 valence electrons. The number of urea groups is 1. The van der Waals surface area contributed by atoms with Crippen molar-refractivity contribution in [1.82, 2.24) is 15.1 Å². The molecule has 2 amide bonds. The Morgan fingerprint density at radius 3 is 2.64 bits per heavy atom. The molecule has 1 heterocycles. The van der Waals surface area contributed by atoms with Gasteiger partial charge in [-0.3, -0.25) is 4.90 Å². The Labute approximate surface area is 150 Å². The van der Waals surface area contributed by atoms with E-state index in [1.165, 1.54) is 12.1 Å². The van der Waals surface area contributed by atoms with Gasteiger partial charge in [0.15, 0.2) is 0 Å². The van der Waals surface area contributed by atoms with Crippen molar-refractivity contribution in [2.75, 3.05) is 26.2 Å². The molecular formula is C20H30FN3O. The molecule has 4 nitrogen and oxygen atoms in total. The average molecular weight is 347 g/mol. The number of benzene rings is 1. The Morgan fingerprint density at radius 2 is 1.96 bits per heavy atom. The number of hydrogen-bond donors (Lipinski definition) is 1. The van der Waals surface area contributed by atoms with E-state index in [4.69, 9.17) is 0 Å². The molecule has 1 aromatic carbocycles. The summed E-state index contributed by atoms with van der Waals surface area (Å²) < 4.78 is 12.9. The van der Waals surface area contributed by atoms with Gasteiger partial charge in [0.1, 0.15) is 5.82 Å². The second-order valence-corrected chi connectivity index (χ2v) is 6.78. The standard InChI is InChI=1S/C20H30FN3O/c1-4-22-20(25)24-15-16(2)23(14-17(24)3)13-7-5-6-8-18-9-11-19(21)12-10-18/h6,8-12,16-17H,4-5,7,13-15H2,1-3H3,(H,22,25)/b8-6+. The highest BCUT2D eigenvalue weighted by Gasteiger charge is 2.31. The van der Waals surface area contributed by atoms with Gasteiger partial charge in [-0.2, -0.15) is 0 Å². The summed E-state index contributed by atoms with van der Waals surface area (Å²) in [4.78, 5) is 16.5. The summed E-state index contributed by atoms with van der Waals surface area (Å²) in [5, 5.41) is 2.90. The van der Waals surface area contributed by atoms with Crippen LogP contribution in [0.4, 0.5) is 9.18 Å². The van der Waals surface area contributed by atoms with Crippen molar-refractivity contribution >= 4 is 12.1 Å². The molecule has 5 heteroatoms. The number of piperazine rings is 1. The van der Waals surface area contributed by atoms with Crippen LogP contribution in [0.5, 0.6) is 0 Å². The van der Waals surface area contributed by atoms with Crippen molar-refractivity contribution in [3.05, 3.63) is 41.7 Å². The monoisotopic (exact) mass is 347 g/mol. The summed E-state index contributed by atoms with van der Waals surface area (Å²) in [6, 6.07) is 7.20. The lowest BCUT2D eigenvalue weighted by Crippen LogP contribution is -2.60. The molecule has 1 aromatic rings. The van der Waals surface area contributed by atoms with Crippen LogP contribution in [0, 0.1) is 5.82 Å². The van der Waals surface area contributed by atoms with Crippen LogP contribution in [0.3, 0.4) is 0 Å². The largest absolute Gasteiger partial charge is 0.338 e. The Balaban J connectivity index is 1.74. The zero-order chi connectivity index (χ0) is 18.2. The maximum Gasteiger partial charge on any atom is 0.317 e. The molecule has 1 N–H and O–H groups in total. The topological polar surface area (TPSA) is 35.6 Å². The average Bonchev–Trinajstić information content (AvgIpc) is 2.59. The third-order valence-corrected chi connectivity index (χ3v) is 4.70. The first-order valence-electron chi connectivity index (χ1n) is 9.22. The third-order valence-electron chi connectivity index (χ3n) is 4.70. The first kappa shape index (κ1) is 19.4. The molecular weight excluding hydrogens is 317 g/mol. The van der Waals surface area contributed by atoms with E-state index in [1.807, 2.05) is 17.9 Å². The number of amides is 2. The molecule has 0 spiro atoms. The number of carbonyl (C=O) groups excluding carboxylic acids is 1. The Morgan fingerprint density at radius 1 is 1.24 bits per heavy atom.